The molecular weight excluding hydrogens is 458 g/mol. The van der Waals surface area contributed by atoms with Gasteiger partial charge in [0.1, 0.15) is 6.54 Å². The molecule has 0 radical (unpaired) electrons. The molecule has 3 rings (SSSR count). The molecule has 0 aliphatic carbocycles. The SMILES string of the molecule is O=C(COC(=O)CNC(=O)c1ccccc1)Nc1nc(-c2cccc(Br)c2)cs1. The minimum atomic E-state index is -0.710. The molecule has 29 heavy (non-hydrogen) atoms. The Labute approximate surface area is 179 Å². The lowest BCUT2D eigenvalue weighted by Crippen LogP contribution is -2.32. The molecule has 1 aromatic heterocycles. The van der Waals surface area contributed by atoms with Gasteiger partial charge in [-0.25, -0.2) is 4.98 Å². The molecule has 0 fully saturated rings. The molecule has 0 spiro atoms. The van der Waals surface area contributed by atoms with Crippen molar-refractivity contribution in [2.75, 3.05) is 18.5 Å². The van der Waals surface area contributed by atoms with Crippen LogP contribution in [-0.2, 0) is 14.3 Å². The Kier molecular flexibility index (Phi) is 7.09. The van der Waals surface area contributed by atoms with Crippen molar-refractivity contribution >= 4 is 50.2 Å². The molecule has 0 bridgehead atoms. The number of carbonyl (C=O) groups is 3. The van der Waals surface area contributed by atoms with Crippen LogP contribution in [0.4, 0.5) is 5.13 Å². The molecule has 0 saturated carbocycles. The Bertz CT molecular complexity index is 1020. The average Bonchev–Trinajstić information content (AvgIpc) is 3.19. The van der Waals surface area contributed by atoms with Crippen molar-refractivity contribution in [2.45, 2.75) is 0 Å². The van der Waals surface area contributed by atoms with E-state index in [1.54, 1.807) is 30.3 Å². The van der Waals surface area contributed by atoms with Crippen molar-refractivity contribution in [1.82, 2.24) is 10.3 Å². The van der Waals surface area contributed by atoms with Crippen LogP contribution >= 0.6 is 27.3 Å². The Balaban J connectivity index is 1.43. The number of ether oxygens (including phenoxy) is 1. The maximum Gasteiger partial charge on any atom is 0.325 e. The van der Waals surface area contributed by atoms with Gasteiger partial charge in [0.15, 0.2) is 11.7 Å². The summed E-state index contributed by atoms with van der Waals surface area (Å²) in [6, 6.07) is 16.1. The molecule has 2 aromatic carbocycles. The molecule has 9 heteroatoms. The normalized spacial score (nSPS) is 10.2. The first kappa shape index (κ1) is 20.7. The van der Waals surface area contributed by atoms with Crippen LogP contribution in [0.3, 0.4) is 0 Å². The van der Waals surface area contributed by atoms with Crippen LogP contribution in [0.15, 0.2) is 64.5 Å². The minimum absolute atomic E-state index is 0.328. The maximum atomic E-state index is 12.0. The van der Waals surface area contributed by atoms with Crippen molar-refractivity contribution in [2.24, 2.45) is 0 Å². The summed E-state index contributed by atoms with van der Waals surface area (Å²) in [5.74, 6) is -1.61. The average molecular weight is 474 g/mol. The summed E-state index contributed by atoms with van der Waals surface area (Å²) in [7, 11) is 0. The monoisotopic (exact) mass is 473 g/mol. The van der Waals surface area contributed by atoms with Gasteiger partial charge in [-0.15, -0.1) is 11.3 Å². The molecule has 0 unspecified atom stereocenters. The van der Waals surface area contributed by atoms with Crippen LogP contribution in [0.2, 0.25) is 0 Å². The molecule has 3 aromatic rings. The number of esters is 1. The van der Waals surface area contributed by atoms with Crippen LogP contribution in [0.1, 0.15) is 10.4 Å². The summed E-state index contributed by atoms with van der Waals surface area (Å²) < 4.78 is 5.80. The fourth-order valence-corrected chi connectivity index (χ4v) is 3.44. The lowest BCUT2D eigenvalue weighted by Gasteiger charge is -2.06. The van der Waals surface area contributed by atoms with Crippen LogP contribution in [0.25, 0.3) is 11.3 Å². The molecule has 7 nitrogen and oxygen atoms in total. The highest BCUT2D eigenvalue weighted by Gasteiger charge is 2.12. The number of hydrogen-bond donors (Lipinski definition) is 2. The van der Waals surface area contributed by atoms with Gasteiger partial charge in [-0.2, -0.15) is 0 Å². The Morgan fingerprint density at radius 3 is 2.62 bits per heavy atom. The van der Waals surface area contributed by atoms with Crippen LogP contribution in [0, 0.1) is 0 Å². The van der Waals surface area contributed by atoms with E-state index in [1.807, 2.05) is 29.6 Å². The van der Waals surface area contributed by atoms with Crippen LogP contribution in [-0.4, -0.2) is 35.9 Å². The summed E-state index contributed by atoms with van der Waals surface area (Å²) in [5.41, 5.74) is 2.08. The summed E-state index contributed by atoms with van der Waals surface area (Å²) in [4.78, 5) is 39.9. The first-order chi connectivity index (χ1) is 14.0. The quantitative estimate of drug-likeness (QED) is 0.511. The summed E-state index contributed by atoms with van der Waals surface area (Å²) in [6.45, 7) is -0.795. The number of benzene rings is 2. The van der Waals surface area contributed by atoms with Gasteiger partial charge in [-0.3, -0.25) is 19.7 Å². The predicted molar refractivity (Wildman–Crippen MR) is 114 cm³/mol. The van der Waals surface area contributed by atoms with Gasteiger partial charge in [-0.1, -0.05) is 46.3 Å². The topological polar surface area (TPSA) is 97.4 Å². The largest absolute Gasteiger partial charge is 0.454 e. The second-order valence-corrected chi connectivity index (χ2v) is 7.58. The highest BCUT2D eigenvalue weighted by Crippen LogP contribution is 2.26. The van der Waals surface area contributed by atoms with E-state index in [9.17, 15) is 14.4 Å². The predicted octanol–water partition coefficient (Wildman–Crippen LogP) is 3.48. The summed E-state index contributed by atoms with van der Waals surface area (Å²) in [6.07, 6.45) is 0. The number of nitrogens with zero attached hydrogens (tertiary/aromatic N) is 1. The van der Waals surface area contributed by atoms with Crippen molar-refractivity contribution in [3.8, 4) is 11.3 Å². The van der Waals surface area contributed by atoms with Gasteiger partial charge >= 0.3 is 5.97 Å². The number of carbonyl (C=O) groups excluding carboxylic acids is 3. The smallest absolute Gasteiger partial charge is 0.325 e. The van der Waals surface area contributed by atoms with E-state index < -0.39 is 24.4 Å². The molecule has 0 atom stereocenters. The maximum absolute atomic E-state index is 12.0. The van der Waals surface area contributed by atoms with Crippen molar-refractivity contribution < 1.29 is 19.1 Å². The molecule has 2 amide bonds. The molecule has 0 aliphatic heterocycles. The van der Waals surface area contributed by atoms with Gasteiger partial charge in [0.2, 0.25) is 0 Å². The fraction of sp³-hybridized carbons (Fsp3) is 0.100. The first-order valence-electron chi connectivity index (χ1n) is 8.51. The van der Waals surface area contributed by atoms with E-state index in [-0.39, 0.29) is 6.54 Å². The van der Waals surface area contributed by atoms with E-state index in [2.05, 4.69) is 31.5 Å². The Morgan fingerprint density at radius 1 is 1.07 bits per heavy atom. The van der Waals surface area contributed by atoms with Crippen LogP contribution in [0.5, 0.6) is 0 Å². The van der Waals surface area contributed by atoms with E-state index in [4.69, 9.17) is 4.74 Å². The Morgan fingerprint density at radius 2 is 1.86 bits per heavy atom. The highest BCUT2D eigenvalue weighted by atomic mass is 79.9. The summed E-state index contributed by atoms with van der Waals surface area (Å²) in [5, 5.41) is 7.25. The second kappa shape index (κ2) is 9.94. The zero-order valence-electron chi connectivity index (χ0n) is 15.1. The third-order valence-corrected chi connectivity index (χ3v) is 4.92. The number of rotatable bonds is 7. The number of hydrogen-bond acceptors (Lipinski definition) is 6. The van der Waals surface area contributed by atoms with Gasteiger partial charge < -0.3 is 10.1 Å². The van der Waals surface area contributed by atoms with E-state index >= 15 is 0 Å². The highest BCUT2D eigenvalue weighted by molar-refractivity contribution is 9.10. The number of aromatic nitrogens is 1. The van der Waals surface area contributed by atoms with Crippen molar-refractivity contribution in [1.29, 1.82) is 0 Å². The van der Waals surface area contributed by atoms with Gasteiger partial charge in [0.05, 0.1) is 5.69 Å². The second-order valence-electron chi connectivity index (χ2n) is 5.81. The number of nitrogens with one attached hydrogen (secondary N) is 2. The molecule has 1 heterocycles. The van der Waals surface area contributed by atoms with Gasteiger partial charge in [-0.05, 0) is 24.3 Å². The Hall–Kier alpha value is -3.04. The van der Waals surface area contributed by atoms with Gasteiger partial charge in [0, 0.05) is 21.0 Å². The van der Waals surface area contributed by atoms with Crippen LogP contribution < -0.4 is 10.6 Å². The standard InChI is InChI=1S/C20H16BrN3O4S/c21-15-8-4-7-14(9-15)16-12-29-20(23-16)24-17(25)11-28-18(26)10-22-19(27)13-5-2-1-3-6-13/h1-9,12H,10-11H2,(H,22,27)(H,23,24,25). The van der Waals surface area contributed by atoms with Crippen molar-refractivity contribution in [3.05, 3.63) is 70.0 Å². The molecule has 0 saturated heterocycles. The third-order valence-electron chi connectivity index (χ3n) is 3.66. The zero-order chi connectivity index (χ0) is 20.6. The number of halogens is 1. The first-order valence-corrected chi connectivity index (χ1v) is 10.2. The van der Waals surface area contributed by atoms with Crippen molar-refractivity contribution in [3.63, 3.8) is 0 Å². The number of amides is 2. The minimum Gasteiger partial charge on any atom is -0.454 e. The molecular formula is C20H16BrN3O4S. The van der Waals surface area contributed by atoms with Gasteiger partial charge in [0.25, 0.3) is 11.8 Å². The number of thiazole rings is 1. The summed E-state index contributed by atoms with van der Waals surface area (Å²) >= 11 is 4.68. The molecule has 2 N–H and O–H groups in total. The zero-order valence-corrected chi connectivity index (χ0v) is 17.5. The van der Waals surface area contributed by atoms with E-state index in [0.717, 1.165) is 15.7 Å². The van der Waals surface area contributed by atoms with E-state index in [1.165, 1.54) is 11.3 Å². The lowest BCUT2D eigenvalue weighted by atomic mass is 10.2. The third kappa shape index (κ3) is 6.23. The van der Waals surface area contributed by atoms with E-state index in [0.29, 0.717) is 10.7 Å². The molecule has 0 aliphatic rings. The number of anilines is 1. The lowest BCUT2D eigenvalue weighted by molar-refractivity contribution is -0.146. The fourth-order valence-electron chi connectivity index (χ4n) is 2.31. The molecule has 148 valence electrons.